The average Bonchev–Trinajstić information content (AvgIpc) is 2.35. The van der Waals surface area contributed by atoms with Gasteiger partial charge in [-0.25, -0.2) is 0 Å². The maximum atomic E-state index is 11.9. The smallest absolute Gasteiger partial charge is 0.244 e. The highest BCUT2D eigenvalue weighted by molar-refractivity contribution is 5.90. The van der Waals surface area contributed by atoms with Crippen LogP contribution in [0.15, 0.2) is 41.5 Å². The maximum Gasteiger partial charge on any atom is 0.244 e. The van der Waals surface area contributed by atoms with E-state index in [2.05, 4.69) is 10.3 Å². The molecule has 98 valence electrons. The number of anilines is 1. The number of pyridine rings is 2. The number of nitrogens with one attached hydrogen (secondary N) is 1. The third-order valence-corrected chi connectivity index (χ3v) is 2.80. The summed E-state index contributed by atoms with van der Waals surface area (Å²) in [7, 11) is 0. The van der Waals surface area contributed by atoms with Crippen molar-refractivity contribution in [2.24, 2.45) is 0 Å². The summed E-state index contributed by atoms with van der Waals surface area (Å²) < 4.78 is 1.80. The highest BCUT2D eigenvalue weighted by Crippen LogP contribution is 2.05. The lowest BCUT2D eigenvalue weighted by Crippen LogP contribution is -2.23. The molecule has 5 nitrogen and oxygen atoms in total. The first kappa shape index (κ1) is 13.0. The summed E-state index contributed by atoms with van der Waals surface area (Å²) in [6.45, 7) is 3.80. The average molecular weight is 257 g/mol. The zero-order chi connectivity index (χ0) is 13.8. The van der Waals surface area contributed by atoms with Crippen molar-refractivity contribution in [2.45, 2.75) is 20.4 Å². The molecule has 2 rings (SSSR count). The molecule has 0 aromatic carbocycles. The second kappa shape index (κ2) is 5.48. The predicted molar refractivity (Wildman–Crippen MR) is 73.0 cm³/mol. The lowest BCUT2D eigenvalue weighted by atomic mass is 10.3. The van der Waals surface area contributed by atoms with Crippen molar-refractivity contribution in [3.05, 3.63) is 58.3 Å². The van der Waals surface area contributed by atoms with E-state index in [0.29, 0.717) is 5.69 Å². The number of hydrogen-bond donors (Lipinski definition) is 1. The van der Waals surface area contributed by atoms with Crippen molar-refractivity contribution in [2.75, 3.05) is 5.32 Å². The van der Waals surface area contributed by atoms with Gasteiger partial charge in [0.25, 0.3) is 0 Å². The molecule has 2 aromatic heterocycles. The molecule has 0 unspecified atom stereocenters. The quantitative estimate of drug-likeness (QED) is 0.906. The molecule has 1 amide bonds. The van der Waals surface area contributed by atoms with Gasteiger partial charge in [-0.15, -0.1) is 0 Å². The molecule has 0 atom stereocenters. The van der Waals surface area contributed by atoms with Gasteiger partial charge in [-0.1, -0.05) is 0 Å². The normalized spacial score (nSPS) is 10.2. The van der Waals surface area contributed by atoms with Gasteiger partial charge in [-0.05, 0) is 26.0 Å². The van der Waals surface area contributed by atoms with Gasteiger partial charge in [0.2, 0.25) is 5.91 Å². The van der Waals surface area contributed by atoms with Gasteiger partial charge in [0.05, 0.1) is 11.9 Å². The first-order chi connectivity index (χ1) is 9.06. The predicted octanol–water partition coefficient (Wildman–Crippen LogP) is 1.50. The zero-order valence-corrected chi connectivity index (χ0v) is 10.9. The summed E-state index contributed by atoms with van der Waals surface area (Å²) in [5, 5.41) is 2.76. The monoisotopic (exact) mass is 257 g/mol. The van der Waals surface area contributed by atoms with Crippen LogP contribution in [0.4, 0.5) is 5.69 Å². The SMILES string of the molecule is Cc1cc(=O)cc(C)n1CC(=O)Nc1cccnc1. The molecule has 2 heterocycles. The number of rotatable bonds is 3. The van der Waals surface area contributed by atoms with Gasteiger partial charge < -0.3 is 9.88 Å². The Morgan fingerprint density at radius 1 is 1.32 bits per heavy atom. The van der Waals surface area contributed by atoms with Gasteiger partial charge >= 0.3 is 0 Å². The van der Waals surface area contributed by atoms with Crippen LogP contribution < -0.4 is 10.7 Å². The van der Waals surface area contributed by atoms with Gasteiger partial charge in [0.15, 0.2) is 5.43 Å². The summed E-state index contributed by atoms with van der Waals surface area (Å²) in [5.74, 6) is -0.150. The molecular weight excluding hydrogens is 242 g/mol. The highest BCUT2D eigenvalue weighted by Gasteiger charge is 2.07. The van der Waals surface area contributed by atoms with Gasteiger partial charge in [-0.3, -0.25) is 14.6 Å². The van der Waals surface area contributed by atoms with Crippen LogP contribution in [0.3, 0.4) is 0 Å². The molecule has 1 N–H and O–H groups in total. The van der Waals surface area contributed by atoms with Gasteiger partial charge in [0.1, 0.15) is 6.54 Å². The minimum atomic E-state index is -0.150. The molecule has 0 bridgehead atoms. The molecule has 0 radical (unpaired) electrons. The van der Waals surface area contributed by atoms with Crippen LogP contribution in [0.25, 0.3) is 0 Å². The summed E-state index contributed by atoms with van der Waals surface area (Å²) in [6, 6.07) is 6.57. The molecule has 0 saturated carbocycles. The van der Waals surface area contributed by atoms with E-state index in [-0.39, 0.29) is 17.9 Å². The first-order valence-electron chi connectivity index (χ1n) is 5.94. The van der Waals surface area contributed by atoms with E-state index in [4.69, 9.17) is 0 Å². The third-order valence-electron chi connectivity index (χ3n) is 2.80. The fourth-order valence-electron chi connectivity index (χ4n) is 1.92. The van der Waals surface area contributed by atoms with Crippen molar-refractivity contribution in [3.8, 4) is 0 Å². The van der Waals surface area contributed by atoms with Crippen molar-refractivity contribution in [3.63, 3.8) is 0 Å². The van der Waals surface area contributed by atoms with E-state index in [0.717, 1.165) is 11.4 Å². The largest absolute Gasteiger partial charge is 0.340 e. The molecule has 0 fully saturated rings. The van der Waals surface area contributed by atoms with E-state index >= 15 is 0 Å². The number of hydrogen-bond acceptors (Lipinski definition) is 3. The third kappa shape index (κ3) is 3.28. The Morgan fingerprint density at radius 2 is 2.00 bits per heavy atom. The molecular formula is C14H15N3O2. The Kier molecular flexibility index (Phi) is 3.75. The standard InChI is InChI=1S/C14H15N3O2/c1-10-6-13(18)7-11(2)17(10)9-14(19)16-12-4-3-5-15-8-12/h3-8H,9H2,1-2H3,(H,16,19). The molecule has 0 saturated heterocycles. The van der Waals surface area contributed by atoms with Crippen LogP contribution >= 0.6 is 0 Å². The highest BCUT2D eigenvalue weighted by atomic mass is 16.2. The molecule has 0 spiro atoms. The lowest BCUT2D eigenvalue weighted by molar-refractivity contribution is -0.116. The second-order valence-corrected chi connectivity index (χ2v) is 4.35. The fourth-order valence-corrected chi connectivity index (χ4v) is 1.92. The summed E-state index contributed by atoms with van der Waals surface area (Å²) in [6.07, 6.45) is 3.23. The zero-order valence-electron chi connectivity index (χ0n) is 10.9. The Labute approximate surface area is 110 Å². The van der Waals surface area contributed by atoms with Crippen LogP contribution in [0.5, 0.6) is 0 Å². The molecule has 0 aliphatic rings. The lowest BCUT2D eigenvalue weighted by Gasteiger charge is -2.13. The number of nitrogens with zero attached hydrogens (tertiary/aromatic N) is 2. The van der Waals surface area contributed by atoms with Crippen molar-refractivity contribution in [1.82, 2.24) is 9.55 Å². The molecule has 2 aromatic rings. The second-order valence-electron chi connectivity index (χ2n) is 4.35. The minimum absolute atomic E-state index is 0.0427. The fraction of sp³-hybridized carbons (Fsp3) is 0.214. The number of carbonyl (C=O) groups excluding carboxylic acids is 1. The van der Waals surface area contributed by atoms with E-state index in [1.807, 2.05) is 13.8 Å². The Bertz CT molecular complexity index is 621. The number of aromatic nitrogens is 2. The first-order valence-corrected chi connectivity index (χ1v) is 5.94. The van der Waals surface area contributed by atoms with Crippen molar-refractivity contribution in [1.29, 1.82) is 0 Å². The Morgan fingerprint density at radius 3 is 2.58 bits per heavy atom. The van der Waals surface area contributed by atoms with Gasteiger partial charge in [0, 0.05) is 29.7 Å². The molecule has 19 heavy (non-hydrogen) atoms. The summed E-state index contributed by atoms with van der Waals surface area (Å²) in [4.78, 5) is 27.2. The number of carbonyl (C=O) groups is 1. The number of amides is 1. The van der Waals surface area contributed by atoms with Crippen LogP contribution in [-0.4, -0.2) is 15.5 Å². The van der Waals surface area contributed by atoms with Crippen molar-refractivity contribution < 1.29 is 4.79 Å². The van der Waals surface area contributed by atoms with Gasteiger partial charge in [-0.2, -0.15) is 0 Å². The number of aryl methyl sites for hydroxylation is 2. The van der Waals surface area contributed by atoms with Crippen LogP contribution in [0.2, 0.25) is 0 Å². The summed E-state index contributed by atoms with van der Waals surface area (Å²) in [5.41, 5.74) is 2.15. The van der Waals surface area contributed by atoms with Crippen LogP contribution in [-0.2, 0) is 11.3 Å². The molecule has 0 aliphatic carbocycles. The van der Waals surface area contributed by atoms with Crippen LogP contribution in [0, 0.1) is 13.8 Å². The Hall–Kier alpha value is -2.43. The Balaban J connectivity index is 2.14. The maximum absolute atomic E-state index is 11.9. The van der Waals surface area contributed by atoms with Crippen LogP contribution in [0.1, 0.15) is 11.4 Å². The van der Waals surface area contributed by atoms with E-state index < -0.39 is 0 Å². The minimum Gasteiger partial charge on any atom is -0.340 e. The van der Waals surface area contributed by atoms with E-state index in [1.165, 1.54) is 12.1 Å². The molecule has 0 aliphatic heterocycles. The molecule has 5 heteroatoms. The van der Waals surface area contributed by atoms with Crippen molar-refractivity contribution >= 4 is 11.6 Å². The van der Waals surface area contributed by atoms with E-state index in [9.17, 15) is 9.59 Å². The summed E-state index contributed by atoms with van der Waals surface area (Å²) >= 11 is 0. The van der Waals surface area contributed by atoms with E-state index in [1.54, 1.807) is 29.1 Å². The topological polar surface area (TPSA) is 64.0 Å².